The smallest absolute Gasteiger partial charge is 0.224 e. The Morgan fingerprint density at radius 2 is 1.89 bits per heavy atom. The minimum Gasteiger partial charge on any atom is -0.493 e. The average molecular weight is 504 g/mol. The number of aliphatic imine (C=N–C) groups is 1. The summed E-state index contributed by atoms with van der Waals surface area (Å²) in [6.07, 6.45) is 0.463. The number of halogens is 1. The lowest BCUT2D eigenvalue weighted by molar-refractivity contribution is -0.130. The van der Waals surface area contributed by atoms with E-state index >= 15 is 0 Å². The highest BCUT2D eigenvalue weighted by molar-refractivity contribution is 14.0. The number of carbonyl (C=O) groups is 1. The van der Waals surface area contributed by atoms with Crippen LogP contribution in [0.3, 0.4) is 0 Å². The topological polar surface area (TPSA) is 66.0 Å². The highest BCUT2D eigenvalue weighted by Crippen LogP contribution is 2.15. The summed E-state index contributed by atoms with van der Waals surface area (Å²) in [4.78, 5) is 18.5. The van der Waals surface area contributed by atoms with Gasteiger partial charge in [-0.05, 0) is 44.4 Å². The van der Waals surface area contributed by atoms with Crippen LogP contribution < -0.4 is 15.4 Å². The molecule has 0 aliphatic carbocycles. The standard InChI is InChI=1S/C21H36N4O2.HI/c1-6-22-21(23-13-12-20(26)25(7-2)8-3)24-15-18-10-9-11-19(14-18)27-16-17(4)5;/h9-11,14,17H,6-8,12-13,15-16H2,1-5H3,(H2,22,23,24);1H. The molecule has 0 radical (unpaired) electrons. The van der Waals surface area contributed by atoms with E-state index in [1.807, 2.05) is 49.9 Å². The Balaban J connectivity index is 0.00000729. The molecule has 28 heavy (non-hydrogen) atoms. The fraction of sp³-hybridized carbons (Fsp3) is 0.619. The first-order valence-electron chi connectivity index (χ1n) is 10.0. The quantitative estimate of drug-likeness (QED) is 0.274. The van der Waals surface area contributed by atoms with Crippen molar-refractivity contribution in [1.29, 1.82) is 0 Å². The Morgan fingerprint density at radius 3 is 2.50 bits per heavy atom. The van der Waals surface area contributed by atoms with Crippen molar-refractivity contribution in [3.8, 4) is 5.75 Å². The van der Waals surface area contributed by atoms with Crippen LogP contribution in [-0.4, -0.2) is 49.6 Å². The van der Waals surface area contributed by atoms with Gasteiger partial charge in [-0.1, -0.05) is 26.0 Å². The van der Waals surface area contributed by atoms with Crippen molar-refractivity contribution in [3.05, 3.63) is 29.8 Å². The molecule has 0 saturated heterocycles. The number of ether oxygens (including phenoxy) is 1. The van der Waals surface area contributed by atoms with Gasteiger partial charge in [-0.15, -0.1) is 24.0 Å². The van der Waals surface area contributed by atoms with Gasteiger partial charge in [0.1, 0.15) is 5.75 Å². The minimum absolute atomic E-state index is 0. The fourth-order valence-electron chi connectivity index (χ4n) is 2.53. The van der Waals surface area contributed by atoms with Crippen molar-refractivity contribution in [2.24, 2.45) is 10.9 Å². The molecule has 0 aliphatic heterocycles. The zero-order valence-electron chi connectivity index (χ0n) is 18.0. The summed E-state index contributed by atoms with van der Waals surface area (Å²) in [5.41, 5.74) is 1.09. The molecule has 1 amide bonds. The van der Waals surface area contributed by atoms with E-state index in [1.165, 1.54) is 0 Å². The monoisotopic (exact) mass is 504 g/mol. The van der Waals surface area contributed by atoms with Crippen molar-refractivity contribution in [2.75, 3.05) is 32.8 Å². The normalized spacial score (nSPS) is 11.0. The highest BCUT2D eigenvalue weighted by Gasteiger charge is 2.09. The first-order valence-corrected chi connectivity index (χ1v) is 10.0. The molecule has 0 unspecified atom stereocenters. The van der Waals surface area contributed by atoms with Gasteiger partial charge >= 0.3 is 0 Å². The number of nitrogens with zero attached hydrogens (tertiary/aromatic N) is 2. The van der Waals surface area contributed by atoms with Gasteiger partial charge in [-0.2, -0.15) is 0 Å². The van der Waals surface area contributed by atoms with Crippen LogP contribution in [0.15, 0.2) is 29.3 Å². The number of amides is 1. The molecule has 1 aromatic carbocycles. The van der Waals surface area contributed by atoms with Gasteiger partial charge in [-0.3, -0.25) is 4.79 Å². The summed E-state index contributed by atoms with van der Waals surface area (Å²) < 4.78 is 5.78. The fourth-order valence-corrected chi connectivity index (χ4v) is 2.53. The predicted molar refractivity (Wildman–Crippen MR) is 128 cm³/mol. The molecular formula is C21H37IN4O2. The van der Waals surface area contributed by atoms with Crippen LogP contribution in [0.2, 0.25) is 0 Å². The number of benzene rings is 1. The maximum absolute atomic E-state index is 12.1. The number of guanidine groups is 1. The molecule has 1 aromatic rings. The van der Waals surface area contributed by atoms with Crippen molar-refractivity contribution in [3.63, 3.8) is 0 Å². The van der Waals surface area contributed by atoms with E-state index in [4.69, 9.17) is 4.74 Å². The summed E-state index contributed by atoms with van der Waals surface area (Å²) in [6, 6.07) is 8.03. The predicted octanol–water partition coefficient (Wildman–Crippen LogP) is 3.65. The molecule has 2 N–H and O–H groups in total. The Bertz CT molecular complexity index is 590. The van der Waals surface area contributed by atoms with Crippen molar-refractivity contribution in [1.82, 2.24) is 15.5 Å². The van der Waals surface area contributed by atoms with Crippen LogP contribution in [0.5, 0.6) is 5.75 Å². The first-order chi connectivity index (χ1) is 13.0. The second-order valence-electron chi connectivity index (χ2n) is 6.79. The van der Waals surface area contributed by atoms with Crippen LogP contribution in [0, 0.1) is 5.92 Å². The second kappa shape index (κ2) is 15.4. The molecule has 0 aliphatic rings. The lowest BCUT2D eigenvalue weighted by Crippen LogP contribution is -2.40. The van der Waals surface area contributed by atoms with E-state index in [-0.39, 0.29) is 29.9 Å². The zero-order valence-corrected chi connectivity index (χ0v) is 20.3. The Morgan fingerprint density at radius 1 is 1.18 bits per heavy atom. The second-order valence-corrected chi connectivity index (χ2v) is 6.79. The van der Waals surface area contributed by atoms with Gasteiger partial charge in [0.15, 0.2) is 5.96 Å². The molecule has 0 saturated carbocycles. The summed E-state index contributed by atoms with van der Waals surface area (Å²) in [5.74, 6) is 2.26. The number of rotatable bonds is 11. The molecule has 0 heterocycles. The van der Waals surface area contributed by atoms with E-state index in [2.05, 4.69) is 29.5 Å². The summed E-state index contributed by atoms with van der Waals surface area (Å²) >= 11 is 0. The molecule has 0 atom stereocenters. The lowest BCUT2D eigenvalue weighted by Gasteiger charge is -2.19. The SMILES string of the molecule is CCNC(=NCc1cccc(OCC(C)C)c1)NCCC(=O)N(CC)CC.I. The van der Waals surface area contributed by atoms with Crippen LogP contribution in [0.25, 0.3) is 0 Å². The van der Waals surface area contributed by atoms with Crippen LogP contribution in [0.1, 0.15) is 46.6 Å². The average Bonchev–Trinajstić information content (AvgIpc) is 2.65. The summed E-state index contributed by atoms with van der Waals surface area (Å²) in [7, 11) is 0. The highest BCUT2D eigenvalue weighted by atomic mass is 127. The third kappa shape index (κ3) is 10.7. The minimum atomic E-state index is 0. The van der Waals surface area contributed by atoms with Crippen LogP contribution in [0.4, 0.5) is 0 Å². The van der Waals surface area contributed by atoms with E-state index in [9.17, 15) is 4.79 Å². The largest absolute Gasteiger partial charge is 0.493 e. The summed E-state index contributed by atoms with van der Waals surface area (Å²) in [6.45, 7) is 14.4. The Labute approximate surface area is 187 Å². The van der Waals surface area contributed by atoms with Gasteiger partial charge in [0.05, 0.1) is 13.2 Å². The third-order valence-corrected chi connectivity index (χ3v) is 3.99. The Hall–Kier alpha value is -1.51. The molecule has 7 heteroatoms. The molecule has 0 fully saturated rings. The molecule has 0 aromatic heterocycles. The van der Waals surface area contributed by atoms with Crippen molar-refractivity contribution in [2.45, 2.75) is 47.6 Å². The molecule has 160 valence electrons. The number of nitrogens with one attached hydrogen (secondary N) is 2. The maximum atomic E-state index is 12.1. The zero-order chi connectivity index (χ0) is 20.1. The van der Waals surface area contributed by atoms with Gasteiger partial charge in [0.25, 0.3) is 0 Å². The lowest BCUT2D eigenvalue weighted by atomic mass is 10.2. The molecule has 6 nitrogen and oxygen atoms in total. The number of carbonyl (C=O) groups excluding carboxylic acids is 1. The van der Waals surface area contributed by atoms with E-state index in [0.29, 0.717) is 32.0 Å². The Kier molecular flexibility index (Phi) is 14.6. The van der Waals surface area contributed by atoms with Crippen LogP contribution >= 0.6 is 24.0 Å². The molecule has 0 spiro atoms. The van der Waals surface area contributed by atoms with E-state index in [1.54, 1.807) is 0 Å². The summed E-state index contributed by atoms with van der Waals surface area (Å²) in [5, 5.41) is 6.46. The van der Waals surface area contributed by atoms with Crippen molar-refractivity contribution >= 4 is 35.8 Å². The van der Waals surface area contributed by atoms with Gasteiger partial charge < -0.3 is 20.3 Å². The van der Waals surface area contributed by atoms with Gasteiger partial charge in [-0.25, -0.2) is 4.99 Å². The first kappa shape index (κ1) is 26.5. The molecule has 0 bridgehead atoms. The molecule has 1 rings (SSSR count). The van der Waals surface area contributed by atoms with Crippen LogP contribution in [-0.2, 0) is 11.3 Å². The maximum Gasteiger partial charge on any atom is 0.224 e. The number of hydrogen-bond acceptors (Lipinski definition) is 3. The van der Waals surface area contributed by atoms with E-state index in [0.717, 1.165) is 36.9 Å². The van der Waals surface area contributed by atoms with Gasteiger partial charge in [0.2, 0.25) is 5.91 Å². The van der Waals surface area contributed by atoms with Crippen molar-refractivity contribution < 1.29 is 9.53 Å². The number of hydrogen-bond donors (Lipinski definition) is 2. The molecular weight excluding hydrogens is 467 g/mol. The van der Waals surface area contributed by atoms with E-state index < -0.39 is 0 Å². The van der Waals surface area contributed by atoms with Gasteiger partial charge in [0, 0.05) is 32.6 Å². The third-order valence-electron chi connectivity index (χ3n) is 3.99.